The molecule has 0 N–H and O–H groups in total. The number of benzene rings is 4. The molecule has 0 fully saturated rings. The average molecular weight is 445 g/mol. The van der Waals surface area contributed by atoms with Gasteiger partial charge in [-0.2, -0.15) is 0 Å². The van der Waals surface area contributed by atoms with Gasteiger partial charge in [0.1, 0.15) is 0 Å². The first-order chi connectivity index (χ1) is 15.9. The maximum absolute atomic E-state index is 2.38. The summed E-state index contributed by atoms with van der Waals surface area (Å²) < 4.78 is 0. The van der Waals surface area contributed by atoms with Crippen LogP contribution in [-0.4, -0.2) is 0 Å². The maximum atomic E-state index is 2.38. The van der Waals surface area contributed by atoms with E-state index in [0.717, 1.165) is 0 Å². The molecule has 2 aliphatic heterocycles. The molecule has 4 aromatic carbocycles. The molecule has 4 aromatic rings. The van der Waals surface area contributed by atoms with Crippen molar-refractivity contribution in [2.45, 2.75) is 9.79 Å². The maximum Gasteiger partial charge on any atom is 0.0201 e. The van der Waals surface area contributed by atoms with Crippen LogP contribution in [-0.2, 0) is 0 Å². The number of fused-ring (bicyclic) bond motifs is 2. The van der Waals surface area contributed by atoms with Gasteiger partial charge in [-0.25, -0.2) is 0 Å². The van der Waals surface area contributed by atoms with Gasteiger partial charge in [0.05, 0.1) is 0 Å². The Labute approximate surface area is 197 Å². The third-order valence-corrected chi connectivity index (χ3v) is 8.05. The van der Waals surface area contributed by atoms with Crippen LogP contribution in [0.4, 0.5) is 0 Å². The van der Waals surface area contributed by atoms with E-state index < -0.39 is 0 Å². The summed E-state index contributed by atoms with van der Waals surface area (Å²) in [5.41, 5.74) is 7.71. The Hall–Kier alpha value is -3.20. The third kappa shape index (κ3) is 3.56. The third-order valence-electron chi connectivity index (χ3n) is 5.75. The van der Waals surface area contributed by atoms with Crippen molar-refractivity contribution in [2.75, 3.05) is 0 Å². The largest absolute Gasteiger partial charge is 0.0888 e. The van der Waals surface area contributed by atoms with Gasteiger partial charge in [0.25, 0.3) is 0 Å². The molecular weight excluding hydrogens is 424 g/mol. The number of thioether (sulfide) groups is 2. The van der Waals surface area contributed by atoms with Crippen molar-refractivity contribution in [3.05, 3.63) is 144 Å². The Kier molecular flexibility index (Phi) is 5.10. The Balaban J connectivity index is 1.63. The lowest BCUT2D eigenvalue weighted by Gasteiger charge is -2.25. The van der Waals surface area contributed by atoms with Gasteiger partial charge in [-0.15, -0.1) is 0 Å². The highest BCUT2D eigenvalue weighted by Crippen LogP contribution is 2.51. The second-order valence-electron chi connectivity index (χ2n) is 7.77. The molecule has 0 aliphatic carbocycles. The van der Waals surface area contributed by atoms with Gasteiger partial charge in [-0.3, -0.25) is 0 Å². The van der Waals surface area contributed by atoms with Crippen LogP contribution in [0.15, 0.2) is 131 Å². The van der Waals surface area contributed by atoms with Crippen molar-refractivity contribution in [2.24, 2.45) is 0 Å². The van der Waals surface area contributed by atoms with E-state index >= 15 is 0 Å². The van der Waals surface area contributed by atoms with Gasteiger partial charge in [-0.05, 0) is 57.7 Å². The molecule has 32 heavy (non-hydrogen) atoms. The Bertz CT molecular complexity index is 1280. The summed E-state index contributed by atoms with van der Waals surface area (Å²) >= 11 is 3.71. The summed E-state index contributed by atoms with van der Waals surface area (Å²) in [5.74, 6) is 0. The second-order valence-corrected chi connectivity index (χ2v) is 9.94. The molecule has 0 radical (unpaired) electrons. The Morgan fingerprint density at radius 1 is 0.375 bits per heavy atom. The number of hydrogen-bond acceptors (Lipinski definition) is 2. The summed E-state index contributed by atoms with van der Waals surface area (Å²) in [7, 11) is 0. The van der Waals surface area contributed by atoms with Crippen LogP contribution in [0.5, 0.6) is 0 Å². The Morgan fingerprint density at radius 2 is 0.750 bits per heavy atom. The van der Waals surface area contributed by atoms with Crippen molar-refractivity contribution in [1.29, 1.82) is 0 Å². The number of hydrogen-bond donors (Lipinski definition) is 0. The molecule has 152 valence electrons. The van der Waals surface area contributed by atoms with Crippen LogP contribution in [0.3, 0.4) is 0 Å². The first-order valence-corrected chi connectivity index (χ1v) is 12.3. The first-order valence-electron chi connectivity index (χ1n) is 10.7. The van der Waals surface area contributed by atoms with E-state index in [0.29, 0.717) is 0 Å². The van der Waals surface area contributed by atoms with Crippen molar-refractivity contribution in [3.8, 4) is 0 Å². The highest BCUT2D eigenvalue weighted by molar-refractivity contribution is 8.08. The summed E-state index contributed by atoms with van der Waals surface area (Å²) in [6, 6.07) is 39.0. The van der Waals surface area contributed by atoms with Crippen LogP contribution in [0, 0.1) is 0 Å². The summed E-state index contributed by atoms with van der Waals surface area (Å²) in [5, 5.41) is 0. The SMILES string of the molecule is C1=C(c2ccccc2)Sc2ccccc2/C1=C1/C=C(c2ccccc2)Sc2ccccc21. The fourth-order valence-electron chi connectivity index (χ4n) is 4.20. The van der Waals surface area contributed by atoms with Crippen molar-refractivity contribution in [3.63, 3.8) is 0 Å². The molecule has 0 nitrogen and oxygen atoms in total. The van der Waals surface area contributed by atoms with Crippen LogP contribution in [0.25, 0.3) is 21.0 Å². The lowest BCUT2D eigenvalue weighted by atomic mass is 9.92. The van der Waals surface area contributed by atoms with E-state index in [-0.39, 0.29) is 0 Å². The fourth-order valence-corrected chi connectivity index (χ4v) is 6.41. The standard InChI is InChI=1S/C30H20S2/c1-3-11-21(12-4-1)29-19-25(23-15-7-9-17-27(23)31-29)26-20-30(22-13-5-2-6-14-22)32-28-18-10-8-16-24(26)28/h1-20H/b26-25-. The highest BCUT2D eigenvalue weighted by Gasteiger charge is 2.24. The van der Waals surface area contributed by atoms with E-state index in [9.17, 15) is 0 Å². The van der Waals surface area contributed by atoms with Crippen LogP contribution >= 0.6 is 23.5 Å². The van der Waals surface area contributed by atoms with Gasteiger partial charge in [0.2, 0.25) is 0 Å². The minimum Gasteiger partial charge on any atom is -0.0888 e. The monoisotopic (exact) mass is 444 g/mol. The molecule has 0 aromatic heterocycles. The van der Waals surface area contributed by atoms with E-state index in [1.807, 2.05) is 23.5 Å². The number of allylic oxidation sites excluding steroid dienone is 4. The van der Waals surface area contributed by atoms with Crippen molar-refractivity contribution < 1.29 is 0 Å². The van der Waals surface area contributed by atoms with E-state index in [1.165, 1.54) is 53.0 Å². The zero-order valence-electron chi connectivity index (χ0n) is 17.4. The number of rotatable bonds is 2. The Morgan fingerprint density at radius 3 is 1.19 bits per heavy atom. The lowest BCUT2D eigenvalue weighted by Crippen LogP contribution is -2.00. The predicted octanol–water partition coefficient (Wildman–Crippen LogP) is 8.89. The summed E-state index contributed by atoms with van der Waals surface area (Å²) in [6.07, 6.45) is 4.76. The molecule has 0 spiro atoms. The van der Waals surface area contributed by atoms with Gasteiger partial charge in [0.15, 0.2) is 0 Å². The van der Waals surface area contributed by atoms with E-state index in [2.05, 4.69) is 121 Å². The van der Waals surface area contributed by atoms with E-state index in [4.69, 9.17) is 0 Å². The quantitative estimate of drug-likeness (QED) is 0.303. The summed E-state index contributed by atoms with van der Waals surface area (Å²) in [4.78, 5) is 5.19. The molecule has 2 heteroatoms. The van der Waals surface area contributed by atoms with Crippen LogP contribution in [0.2, 0.25) is 0 Å². The topological polar surface area (TPSA) is 0 Å². The summed E-state index contributed by atoms with van der Waals surface area (Å²) in [6.45, 7) is 0. The zero-order valence-corrected chi connectivity index (χ0v) is 19.0. The second kappa shape index (κ2) is 8.38. The molecule has 0 unspecified atom stereocenters. The smallest absolute Gasteiger partial charge is 0.0201 e. The minimum atomic E-state index is 1.26. The minimum absolute atomic E-state index is 1.26. The van der Waals surface area contributed by atoms with Crippen molar-refractivity contribution >= 4 is 44.5 Å². The molecule has 0 saturated heterocycles. The lowest BCUT2D eigenvalue weighted by molar-refractivity contribution is 1.37. The average Bonchev–Trinajstić information content (AvgIpc) is 2.88. The van der Waals surface area contributed by atoms with E-state index in [1.54, 1.807) is 0 Å². The highest BCUT2D eigenvalue weighted by atomic mass is 32.2. The molecule has 0 amide bonds. The van der Waals surface area contributed by atoms with Crippen LogP contribution < -0.4 is 0 Å². The van der Waals surface area contributed by atoms with Gasteiger partial charge >= 0.3 is 0 Å². The molecule has 0 saturated carbocycles. The predicted molar refractivity (Wildman–Crippen MR) is 140 cm³/mol. The molecule has 0 atom stereocenters. The molecule has 2 aliphatic rings. The molecular formula is C30H20S2. The molecule has 2 heterocycles. The van der Waals surface area contributed by atoms with Gasteiger partial charge in [0, 0.05) is 19.6 Å². The fraction of sp³-hybridized carbons (Fsp3) is 0. The van der Waals surface area contributed by atoms with Gasteiger partial charge in [-0.1, -0.05) is 121 Å². The first kappa shape index (κ1) is 19.5. The van der Waals surface area contributed by atoms with Crippen LogP contribution in [0.1, 0.15) is 22.3 Å². The molecule has 6 rings (SSSR count). The molecule has 0 bridgehead atoms. The van der Waals surface area contributed by atoms with Crippen molar-refractivity contribution in [1.82, 2.24) is 0 Å². The van der Waals surface area contributed by atoms with Gasteiger partial charge < -0.3 is 0 Å². The zero-order chi connectivity index (χ0) is 21.3. The normalized spacial score (nSPS) is 17.1.